The summed E-state index contributed by atoms with van der Waals surface area (Å²) in [6.07, 6.45) is 5.15. The highest BCUT2D eigenvalue weighted by Crippen LogP contribution is 2.28. The highest BCUT2D eigenvalue weighted by molar-refractivity contribution is 5.89. The standard InChI is InChI=1S/C19H25FN4O/c1-3-4-10-23(2)19(25)14-8-11-24(12-9-14)18-15-6-5-7-16(20)17(15)21-13-22-18/h5-7,13-14H,3-4,8-12H2,1-2H3. The number of piperidine rings is 1. The number of unbranched alkanes of at least 4 members (excludes halogenated alkanes) is 1. The van der Waals surface area contributed by atoms with Crippen molar-refractivity contribution in [1.29, 1.82) is 0 Å². The minimum absolute atomic E-state index is 0.0722. The van der Waals surface area contributed by atoms with Crippen molar-refractivity contribution in [2.45, 2.75) is 32.6 Å². The van der Waals surface area contributed by atoms with E-state index in [0.717, 1.165) is 56.5 Å². The molecule has 0 spiro atoms. The van der Waals surface area contributed by atoms with Gasteiger partial charge in [0.1, 0.15) is 23.5 Å². The number of para-hydroxylation sites is 1. The lowest BCUT2D eigenvalue weighted by Gasteiger charge is -2.34. The topological polar surface area (TPSA) is 49.3 Å². The number of aromatic nitrogens is 2. The van der Waals surface area contributed by atoms with Gasteiger partial charge in [0, 0.05) is 38.0 Å². The van der Waals surface area contributed by atoms with Crippen LogP contribution in [0.3, 0.4) is 0 Å². The van der Waals surface area contributed by atoms with Gasteiger partial charge < -0.3 is 9.80 Å². The van der Waals surface area contributed by atoms with Gasteiger partial charge in [0.05, 0.1) is 0 Å². The average Bonchev–Trinajstić information content (AvgIpc) is 2.65. The first-order valence-electron chi connectivity index (χ1n) is 9.01. The molecular weight excluding hydrogens is 319 g/mol. The molecule has 1 aromatic heterocycles. The van der Waals surface area contributed by atoms with Gasteiger partial charge in [-0.15, -0.1) is 0 Å². The van der Waals surface area contributed by atoms with Crippen molar-refractivity contribution in [1.82, 2.24) is 14.9 Å². The molecule has 134 valence electrons. The summed E-state index contributed by atoms with van der Waals surface area (Å²) in [5.41, 5.74) is 0.352. The van der Waals surface area contributed by atoms with E-state index in [4.69, 9.17) is 0 Å². The molecule has 1 aromatic carbocycles. The maximum atomic E-state index is 13.9. The molecule has 1 saturated heterocycles. The molecule has 0 radical (unpaired) electrons. The van der Waals surface area contributed by atoms with Crippen molar-refractivity contribution >= 4 is 22.6 Å². The number of nitrogens with zero attached hydrogens (tertiary/aromatic N) is 4. The minimum Gasteiger partial charge on any atom is -0.356 e. The van der Waals surface area contributed by atoms with Gasteiger partial charge in [0.15, 0.2) is 0 Å². The molecule has 0 aliphatic carbocycles. The Balaban J connectivity index is 1.69. The van der Waals surface area contributed by atoms with Crippen molar-refractivity contribution in [2.24, 2.45) is 5.92 Å². The van der Waals surface area contributed by atoms with Crippen LogP contribution in [0.2, 0.25) is 0 Å². The number of hydrogen-bond acceptors (Lipinski definition) is 4. The van der Waals surface area contributed by atoms with Crippen LogP contribution in [0.4, 0.5) is 10.2 Å². The summed E-state index contributed by atoms with van der Waals surface area (Å²) in [6, 6.07) is 4.95. The van der Waals surface area contributed by atoms with E-state index in [0.29, 0.717) is 5.52 Å². The summed E-state index contributed by atoms with van der Waals surface area (Å²) in [5.74, 6) is 0.744. The predicted octanol–water partition coefficient (Wildman–Crippen LogP) is 3.24. The second-order valence-corrected chi connectivity index (χ2v) is 6.71. The molecule has 1 aliphatic heterocycles. The Kier molecular flexibility index (Phi) is 5.46. The number of halogens is 1. The Hall–Kier alpha value is -2.24. The Morgan fingerprint density at radius 1 is 1.32 bits per heavy atom. The molecule has 3 rings (SSSR count). The first-order valence-corrected chi connectivity index (χ1v) is 9.01. The zero-order valence-electron chi connectivity index (χ0n) is 14.9. The lowest BCUT2D eigenvalue weighted by atomic mass is 9.95. The molecule has 25 heavy (non-hydrogen) atoms. The van der Waals surface area contributed by atoms with Crippen LogP contribution in [0.25, 0.3) is 10.9 Å². The molecule has 0 saturated carbocycles. The molecule has 0 unspecified atom stereocenters. The van der Waals surface area contributed by atoms with Gasteiger partial charge >= 0.3 is 0 Å². The first kappa shape index (κ1) is 17.6. The molecule has 0 N–H and O–H groups in total. The smallest absolute Gasteiger partial charge is 0.225 e. The zero-order chi connectivity index (χ0) is 17.8. The number of anilines is 1. The van der Waals surface area contributed by atoms with Crippen molar-refractivity contribution in [3.8, 4) is 0 Å². The van der Waals surface area contributed by atoms with Crippen LogP contribution < -0.4 is 4.90 Å². The highest BCUT2D eigenvalue weighted by Gasteiger charge is 2.28. The van der Waals surface area contributed by atoms with E-state index in [9.17, 15) is 9.18 Å². The Labute approximate surface area is 147 Å². The van der Waals surface area contributed by atoms with E-state index >= 15 is 0 Å². The zero-order valence-corrected chi connectivity index (χ0v) is 14.9. The van der Waals surface area contributed by atoms with Crippen LogP contribution >= 0.6 is 0 Å². The van der Waals surface area contributed by atoms with Crippen molar-refractivity contribution in [3.63, 3.8) is 0 Å². The second kappa shape index (κ2) is 7.76. The fourth-order valence-corrected chi connectivity index (χ4v) is 3.45. The normalized spacial score (nSPS) is 15.6. The molecule has 2 aromatic rings. The average molecular weight is 344 g/mol. The largest absolute Gasteiger partial charge is 0.356 e. The summed E-state index contributed by atoms with van der Waals surface area (Å²) in [6.45, 7) is 4.46. The third-order valence-corrected chi connectivity index (χ3v) is 4.96. The van der Waals surface area contributed by atoms with E-state index in [1.165, 1.54) is 12.4 Å². The fourth-order valence-electron chi connectivity index (χ4n) is 3.45. The molecule has 5 nitrogen and oxygen atoms in total. The van der Waals surface area contributed by atoms with Crippen LogP contribution in [0, 0.1) is 11.7 Å². The van der Waals surface area contributed by atoms with Gasteiger partial charge in [-0.05, 0) is 31.4 Å². The van der Waals surface area contributed by atoms with E-state index in [1.807, 2.05) is 18.0 Å². The Morgan fingerprint density at radius 3 is 2.80 bits per heavy atom. The van der Waals surface area contributed by atoms with Crippen LogP contribution in [-0.4, -0.2) is 47.5 Å². The summed E-state index contributed by atoms with van der Waals surface area (Å²) >= 11 is 0. The van der Waals surface area contributed by atoms with E-state index < -0.39 is 0 Å². The van der Waals surface area contributed by atoms with Gasteiger partial charge in [-0.1, -0.05) is 19.4 Å². The number of carbonyl (C=O) groups is 1. The molecular formula is C19H25FN4O. The number of rotatable bonds is 5. The highest BCUT2D eigenvalue weighted by atomic mass is 19.1. The lowest BCUT2D eigenvalue weighted by molar-refractivity contribution is -0.134. The number of carbonyl (C=O) groups excluding carboxylic acids is 1. The van der Waals surface area contributed by atoms with Gasteiger partial charge in [-0.25, -0.2) is 14.4 Å². The quantitative estimate of drug-likeness (QED) is 0.835. The number of hydrogen-bond donors (Lipinski definition) is 0. The van der Waals surface area contributed by atoms with Crippen LogP contribution in [-0.2, 0) is 4.79 Å². The van der Waals surface area contributed by atoms with Gasteiger partial charge in [-0.3, -0.25) is 4.79 Å². The predicted molar refractivity (Wildman–Crippen MR) is 97.0 cm³/mol. The van der Waals surface area contributed by atoms with Gasteiger partial charge in [0.2, 0.25) is 5.91 Å². The second-order valence-electron chi connectivity index (χ2n) is 6.71. The van der Waals surface area contributed by atoms with Crippen LogP contribution in [0.1, 0.15) is 32.6 Å². The lowest BCUT2D eigenvalue weighted by Crippen LogP contribution is -2.41. The maximum Gasteiger partial charge on any atom is 0.225 e. The van der Waals surface area contributed by atoms with Crippen molar-refractivity contribution in [3.05, 3.63) is 30.3 Å². The molecule has 6 heteroatoms. The Bertz CT molecular complexity index is 743. The van der Waals surface area contributed by atoms with Gasteiger partial charge in [0.25, 0.3) is 0 Å². The third-order valence-electron chi connectivity index (χ3n) is 4.96. The van der Waals surface area contributed by atoms with Crippen LogP contribution in [0.5, 0.6) is 0 Å². The summed E-state index contributed by atoms with van der Waals surface area (Å²) in [4.78, 5) is 25.0. The third kappa shape index (κ3) is 3.72. The van der Waals surface area contributed by atoms with Crippen molar-refractivity contribution < 1.29 is 9.18 Å². The molecule has 0 bridgehead atoms. The summed E-state index contributed by atoms with van der Waals surface area (Å²) in [5, 5.41) is 0.729. The minimum atomic E-state index is -0.330. The maximum absolute atomic E-state index is 13.9. The molecule has 1 amide bonds. The van der Waals surface area contributed by atoms with E-state index in [-0.39, 0.29) is 17.6 Å². The van der Waals surface area contributed by atoms with E-state index in [1.54, 1.807) is 6.07 Å². The number of amides is 1. The molecule has 1 fully saturated rings. The summed E-state index contributed by atoms with van der Waals surface area (Å²) < 4.78 is 13.9. The van der Waals surface area contributed by atoms with E-state index in [2.05, 4.69) is 21.8 Å². The SMILES string of the molecule is CCCCN(C)C(=O)C1CCN(c2ncnc3c(F)cccc23)CC1. The Morgan fingerprint density at radius 2 is 2.08 bits per heavy atom. The molecule has 0 atom stereocenters. The van der Waals surface area contributed by atoms with Crippen molar-refractivity contribution in [2.75, 3.05) is 31.6 Å². The molecule has 2 heterocycles. The summed E-state index contributed by atoms with van der Waals surface area (Å²) in [7, 11) is 1.89. The number of fused-ring (bicyclic) bond motifs is 1. The van der Waals surface area contributed by atoms with Gasteiger partial charge in [-0.2, -0.15) is 0 Å². The first-order chi connectivity index (χ1) is 12.1. The monoisotopic (exact) mass is 344 g/mol. The van der Waals surface area contributed by atoms with Crippen LogP contribution in [0.15, 0.2) is 24.5 Å². The number of benzene rings is 1. The fraction of sp³-hybridized carbons (Fsp3) is 0.526. The molecule has 1 aliphatic rings.